The van der Waals surface area contributed by atoms with Gasteiger partial charge in [0.1, 0.15) is 11.3 Å². The molecule has 17 heavy (non-hydrogen) atoms. The second kappa shape index (κ2) is 4.52. The standard InChI is InChI=1S/C8H4F5NO3/c9-7(10)17-6-2-1-4(14(15)16)3-5(6)8(11,12)13/h1-3,7H. The van der Waals surface area contributed by atoms with Gasteiger partial charge in [-0.15, -0.1) is 0 Å². The molecule has 9 heteroatoms. The normalized spacial score (nSPS) is 11.6. The van der Waals surface area contributed by atoms with Gasteiger partial charge in [0.15, 0.2) is 0 Å². The largest absolute Gasteiger partial charge is 0.434 e. The number of alkyl halides is 5. The molecule has 1 rings (SSSR count). The van der Waals surface area contributed by atoms with Crippen molar-refractivity contribution in [1.29, 1.82) is 0 Å². The van der Waals surface area contributed by atoms with E-state index in [4.69, 9.17) is 0 Å². The monoisotopic (exact) mass is 257 g/mol. The van der Waals surface area contributed by atoms with E-state index in [1.54, 1.807) is 0 Å². The zero-order chi connectivity index (χ0) is 13.2. The Bertz CT molecular complexity index is 432. The van der Waals surface area contributed by atoms with Gasteiger partial charge in [-0.1, -0.05) is 0 Å². The summed E-state index contributed by atoms with van der Waals surface area (Å²) in [6.07, 6.45) is -5.02. The highest BCUT2D eigenvalue weighted by Crippen LogP contribution is 2.38. The lowest BCUT2D eigenvalue weighted by Gasteiger charge is -2.12. The first kappa shape index (κ1) is 13.1. The summed E-state index contributed by atoms with van der Waals surface area (Å²) in [6.45, 7) is -3.45. The quantitative estimate of drug-likeness (QED) is 0.474. The summed E-state index contributed by atoms with van der Waals surface area (Å²) in [5.41, 5.74) is -2.48. The maximum atomic E-state index is 12.4. The van der Waals surface area contributed by atoms with Gasteiger partial charge < -0.3 is 4.74 Å². The Hall–Kier alpha value is -1.93. The lowest BCUT2D eigenvalue weighted by atomic mass is 10.1. The third kappa shape index (κ3) is 3.26. The molecule has 0 saturated carbocycles. The van der Waals surface area contributed by atoms with Crippen LogP contribution < -0.4 is 4.74 Å². The summed E-state index contributed by atoms with van der Waals surface area (Å²) in [5, 5.41) is 10.3. The Labute approximate surface area is 90.8 Å². The predicted molar refractivity (Wildman–Crippen MR) is 44.7 cm³/mol. The van der Waals surface area contributed by atoms with Crippen LogP contribution in [0.25, 0.3) is 0 Å². The van der Waals surface area contributed by atoms with Gasteiger partial charge in [-0.05, 0) is 6.07 Å². The van der Waals surface area contributed by atoms with Crippen LogP contribution in [-0.2, 0) is 6.18 Å². The van der Waals surface area contributed by atoms with Crippen LogP contribution in [-0.4, -0.2) is 11.5 Å². The summed E-state index contributed by atoms with van der Waals surface area (Å²) >= 11 is 0. The van der Waals surface area contributed by atoms with Gasteiger partial charge in [-0.2, -0.15) is 22.0 Å². The van der Waals surface area contributed by atoms with E-state index >= 15 is 0 Å². The molecule has 0 bridgehead atoms. The van der Waals surface area contributed by atoms with Crippen LogP contribution in [0.4, 0.5) is 27.6 Å². The first-order chi connectivity index (χ1) is 7.71. The minimum absolute atomic E-state index is 0.137. The van der Waals surface area contributed by atoms with Crippen LogP contribution in [0.1, 0.15) is 5.56 Å². The lowest BCUT2D eigenvalue weighted by molar-refractivity contribution is -0.385. The van der Waals surface area contributed by atoms with Crippen molar-refractivity contribution in [2.75, 3.05) is 0 Å². The third-order valence-electron chi connectivity index (χ3n) is 1.70. The third-order valence-corrected chi connectivity index (χ3v) is 1.70. The minimum Gasteiger partial charge on any atom is -0.434 e. The van der Waals surface area contributed by atoms with Crippen LogP contribution in [0.5, 0.6) is 5.75 Å². The van der Waals surface area contributed by atoms with Gasteiger partial charge in [-0.3, -0.25) is 10.1 Å². The maximum absolute atomic E-state index is 12.4. The molecule has 0 heterocycles. The van der Waals surface area contributed by atoms with Crippen molar-refractivity contribution in [1.82, 2.24) is 0 Å². The van der Waals surface area contributed by atoms with E-state index in [2.05, 4.69) is 4.74 Å². The van der Waals surface area contributed by atoms with E-state index in [1.165, 1.54) is 0 Å². The van der Waals surface area contributed by atoms with Gasteiger partial charge in [0.25, 0.3) is 5.69 Å². The van der Waals surface area contributed by atoms with E-state index in [0.717, 1.165) is 0 Å². The van der Waals surface area contributed by atoms with Crippen molar-refractivity contribution in [3.63, 3.8) is 0 Å². The highest BCUT2D eigenvalue weighted by atomic mass is 19.4. The fourth-order valence-corrected chi connectivity index (χ4v) is 1.05. The van der Waals surface area contributed by atoms with Crippen molar-refractivity contribution in [2.24, 2.45) is 0 Å². The van der Waals surface area contributed by atoms with Crippen LogP contribution in [0.15, 0.2) is 18.2 Å². The summed E-state index contributed by atoms with van der Waals surface area (Å²) in [4.78, 5) is 9.19. The van der Waals surface area contributed by atoms with E-state index in [0.29, 0.717) is 12.1 Å². The number of benzene rings is 1. The topological polar surface area (TPSA) is 52.4 Å². The number of ether oxygens (including phenoxy) is 1. The fourth-order valence-electron chi connectivity index (χ4n) is 1.05. The van der Waals surface area contributed by atoms with E-state index in [9.17, 15) is 32.1 Å². The molecular weight excluding hydrogens is 253 g/mol. The van der Waals surface area contributed by atoms with E-state index in [1.807, 2.05) is 0 Å². The number of halogens is 5. The molecule has 94 valence electrons. The molecule has 0 spiro atoms. The lowest BCUT2D eigenvalue weighted by Crippen LogP contribution is -2.11. The molecular formula is C8H4F5NO3. The molecule has 4 nitrogen and oxygen atoms in total. The maximum Gasteiger partial charge on any atom is 0.420 e. The number of nitrogens with zero attached hydrogens (tertiary/aromatic N) is 1. The molecule has 0 saturated heterocycles. The first-order valence-electron chi connectivity index (χ1n) is 4.02. The van der Waals surface area contributed by atoms with Gasteiger partial charge in [0.05, 0.1) is 4.92 Å². The average Bonchev–Trinajstić information content (AvgIpc) is 2.15. The molecule has 0 N–H and O–H groups in total. The number of non-ortho nitro benzene ring substituents is 1. The first-order valence-corrected chi connectivity index (χ1v) is 4.02. The number of rotatable bonds is 3. The fraction of sp³-hybridized carbons (Fsp3) is 0.250. The molecule has 0 atom stereocenters. The van der Waals surface area contributed by atoms with Crippen LogP contribution in [0.3, 0.4) is 0 Å². The summed E-state index contributed by atoms with van der Waals surface area (Å²) in [6, 6.07) is 1.26. The van der Waals surface area contributed by atoms with Gasteiger partial charge in [-0.25, -0.2) is 0 Å². The van der Waals surface area contributed by atoms with Crippen LogP contribution >= 0.6 is 0 Å². The molecule has 0 fully saturated rings. The molecule has 1 aromatic carbocycles. The predicted octanol–water partition coefficient (Wildman–Crippen LogP) is 3.22. The Kier molecular flexibility index (Phi) is 3.49. The molecule has 0 unspecified atom stereocenters. The van der Waals surface area contributed by atoms with Crippen molar-refractivity contribution in [2.45, 2.75) is 12.8 Å². The summed E-state index contributed by atoms with van der Waals surface area (Å²) < 4.78 is 64.5. The van der Waals surface area contributed by atoms with Gasteiger partial charge in [0.2, 0.25) is 0 Å². The van der Waals surface area contributed by atoms with Gasteiger partial charge in [0, 0.05) is 12.1 Å². The number of hydrogen-bond donors (Lipinski definition) is 0. The Morgan fingerprint density at radius 2 is 1.88 bits per heavy atom. The second-order valence-corrected chi connectivity index (χ2v) is 2.81. The van der Waals surface area contributed by atoms with Crippen molar-refractivity contribution >= 4 is 5.69 Å². The van der Waals surface area contributed by atoms with E-state index < -0.39 is 34.7 Å². The number of hydrogen-bond acceptors (Lipinski definition) is 3. The van der Waals surface area contributed by atoms with Crippen molar-refractivity contribution < 1.29 is 31.6 Å². The Morgan fingerprint density at radius 1 is 1.29 bits per heavy atom. The van der Waals surface area contributed by atoms with Crippen LogP contribution in [0, 0.1) is 10.1 Å². The number of nitro groups is 1. The van der Waals surface area contributed by atoms with Crippen molar-refractivity contribution in [3.8, 4) is 5.75 Å². The SMILES string of the molecule is O=[N+]([O-])c1ccc(OC(F)F)c(C(F)(F)F)c1. The second-order valence-electron chi connectivity index (χ2n) is 2.81. The Balaban J connectivity index is 3.27. The average molecular weight is 257 g/mol. The summed E-state index contributed by atoms with van der Waals surface area (Å²) in [7, 11) is 0. The molecule has 0 aromatic heterocycles. The zero-order valence-electron chi connectivity index (χ0n) is 7.87. The van der Waals surface area contributed by atoms with Gasteiger partial charge >= 0.3 is 12.8 Å². The minimum atomic E-state index is -5.02. The molecule has 0 radical (unpaired) electrons. The van der Waals surface area contributed by atoms with E-state index in [-0.39, 0.29) is 6.07 Å². The number of nitro benzene ring substituents is 1. The molecule has 0 aliphatic rings. The zero-order valence-corrected chi connectivity index (χ0v) is 7.87. The highest BCUT2D eigenvalue weighted by molar-refractivity contribution is 5.45. The van der Waals surface area contributed by atoms with Crippen LogP contribution in [0.2, 0.25) is 0 Å². The molecule has 1 aromatic rings. The molecule has 0 amide bonds. The Morgan fingerprint density at radius 3 is 2.29 bits per heavy atom. The molecule has 0 aliphatic heterocycles. The smallest absolute Gasteiger partial charge is 0.420 e. The van der Waals surface area contributed by atoms with Crippen molar-refractivity contribution in [3.05, 3.63) is 33.9 Å². The highest BCUT2D eigenvalue weighted by Gasteiger charge is 2.36. The summed E-state index contributed by atoms with van der Waals surface area (Å²) in [5.74, 6) is -1.15. The molecule has 0 aliphatic carbocycles.